The fraction of sp³-hybridized carbons (Fsp3) is 1.00. The van der Waals surface area contributed by atoms with Crippen molar-refractivity contribution in [2.45, 2.75) is 301 Å². The summed E-state index contributed by atoms with van der Waals surface area (Å²) in [5, 5.41) is 56.7. The highest BCUT2D eigenvalue weighted by Gasteiger charge is 2.68. The van der Waals surface area contributed by atoms with E-state index >= 15 is 0 Å². The average Bonchev–Trinajstić information content (AvgIpc) is 1.69. The molecule has 504 valence electrons. The molecule has 12 saturated carbocycles. The van der Waals surface area contributed by atoms with Crippen molar-refractivity contribution in [1.82, 2.24) is 24.5 Å². The first kappa shape index (κ1) is 63.3. The van der Waals surface area contributed by atoms with E-state index in [0.717, 1.165) is 92.9 Å². The SMILES string of the molecule is C[C@]12CCC3C(CC[C@H]4C[C@H](O)[C@@H](N5CCCC5)C[C@]34C)C1C[C@H](N1CCCC1)[C@@H]2O.C[C@]12C[C@H](N3CCOCC3)[C@@H](O)CC1CCC1C2CC[C@@]2(C)C1C[C@@H](N1CCCC1)[C@@H]2O.C[C@]12C[C@H]3O[C@H]3CC1CCC1C2CC[C@@]2(C)C1C[C@H](N1CCCC1)[C@@H]2O. The molecule has 18 rings (SSSR count). The number of ether oxygens (including phenoxy) is 2. The molecule has 18 aliphatic rings. The fourth-order valence-corrected chi connectivity index (χ4v) is 29.0. The molecule has 18 fully saturated rings. The van der Waals surface area contributed by atoms with Gasteiger partial charge in [0.1, 0.15) is 0 Å². The number of aliphatic hydroxyl groups is 5. The number of nitrogens with zero attached hydrogens (tertiary/aromatic N) is 5. The minimum absolute atomic E-state index is 0.0976. The Balaban J connectivity index is 0.000000108. The van der Waals surface area contributed by atoms with Crippen LogP contribution in [0.1, 0.15) is 228 Å². The molecule has 89 heavy (non-hydrogen) atoms. The van der Waals surface area contributed by atoms with Crippen LogP contribution in [0.5, 0.6) is 0 Å². The molecule has 6 aliphatic heterocycles. The van der Waals surface area contributed by atoms with Crippen molar-refractivity contribution in [2.75, 3.05) is 78.7 Å². The van der Waals surface area contributed by atoms with E-state index in [1.165, 1.54) is 219 Å². The summed E-state index contributed by atoms with van der Waals surface area (Å²) in [5.41, 5.74) is 1.63. The number of likely N-dealkylation sites (tertiary alicyclic amines) is 4. The summed E-state index contributed by atoms with van der Waals surface area (Å²) >= 11 is 0. The van der Waals surface area contributed by atoms with E-state index in [1.54, 1.807) is 0 Å². The van der Waals surface area contributed by atoms with Gasteiger partial charge >= 0.3 is 0 Å². The third-order valence-corrected chi connectivity index (χ3v) is 34.2. The number of aliphatic hydroxyl groups excluding tert-OH is 5. The molecule has 12 nitrogen and oxygen atoms in total. The van der Waals surface area contributed by atoms with Crippen LogP contribution in [0.4, 0.5) is 0 Å². The van der Waals surface area contributed by atoms with Crippen LogP contribution < -0.4 is 0 Å². The van der Waals surface area contributed by atoms with Crippen molar-refractivity contribution in [3.05, 3.63) is 0 Å². The Hall–Kier alpha value is -0.480. The summed E-state index contributed by atoms with van der Waals surface area (Å²) in [5.74, 6) is 9.24. The van der Waals surface area contributed by atoms with Crippen molar-refractivity contribution >= 4 is 0 Å². The van der Waals surface area contributed by atoms with Gasteiger partial charge < -0.3 is 35.0 Å². The molecule has 11 unspecified atom stereocenters. The number of fused-ring (bicyclic) bond motifs is 16. The van der Waals surface area contributed by atoms with Crippen molar-refractivity contribution in [3.63, 3.8) is 0 Å². The standard InChI is InChI=1S/C27H46N2O3.C27H46N2O2.C23H37NO2/c1-26-8-7-20-19(21(26)16-22(25(26)31)28-9-3-4-10-28)6-5-18-15-24(30)23(17-27(18,20)2)29-11-13-32-14-12-29;1-26-10-9-20-19(21(26)16-22(25(26)31)28-11-3-4-12-28)8-7-18-15-24(30)23(17-27(18,20)2)29-13-5-6-14-29;1-22-8-7-16-15(6-5-14-11-19-20(26-19)13-23(14,16)2)17(22)12-18(21(22)25)24-9-3-4-10-24/h18-25,30-31H,3-17H2,1-2H3;18-25,30-31H,3-17H2,1-2H3;14-21,25H,3-13H2,1-2H3/t18?,19?,20?,21?,22-,23+,24+,25+,26+,27+;18-,19?,20?,21?,22-,23-,24-,25-,26-,27-;14?,15?,16?,17?,18-,19-,20+,21-,22-,23-/m100/s1. The molecule has 0 aromatic rings. The third-order valence-electron chi connectivity index (χ3n) is 34.2. The molecule has 0 aromatic heterocycles. The van der Waals surface area contributed by atoms with Crippen molar-refractivity contribution in [3.8, 4) is 0 Å². The lowest BCUT2D eigenvalue weighted by molar-refractivity contribution is -0.158. The first-order valence-electron chi connectivity index (χ1n) is 39.2. The molecule has 0 spiro atoms. The third kappa shape index (κ3) is 10.3. The zero-order valence-electron chi connectivity index (χ0n) is 57.1. The molecule has 30 atom stereocenters. The second kappa shape index (κ2) is 23.9. The summed E-state index contributed by atoms with van der Waals surface area (Å²) in [6.45, 7) is 28.4. The normalized spacial score (nSPS) is 57.1. The van der Waals surface area contributed by atoms with E-state index in [9.17, 15) is 25.5 Å². The molecule has 12 aliphatic carbocycles. The molecule has 0 bridgehead atoms. The van der Waals surface area contributed by atoms with Gasteiger partial charge in [-0.15, -0.1) is 0 Å². The lowest BCUT2D eigenvalue weighted by atomic mass is 9.44. The topological polar surface area (TPSA) is 139 Å². The maximum Gasteiger partial charge on any atom is 0.0847 e. The summed E-state index contributed by atoms with van der Waals surface area (Å²) in [7, 11) is 0. The lowest BCUT2D eigenvalue weighted by Gasteiger charge is -2.62. The molecule has 6 heterocycles. The van der Waals surface area contributed by atoms with Crippen LogP contribution >= 0.6 is 0 Å². The summed E-state index contributed by atoms with van der Waals surface area (Å²) in [6.07, 6.45) is 37.5. The van der Waals surface area contributed by atoms with Crippen LogP contribution in [0, 0.1) is 104 Å². The van der Waals surface area contributed by atoms with Gasteiger partial charge in [0.25, 0.3) is 0 Å². The number of hydrogen-bond acceptors (Lipinski definition) is 12. The molecule has 12 heteroatoms. The van der Waals surface area contributed by atoms with Gasteiger partial charge in [0, 0.05) is 43.3 Å². The minimum atomic E-state index is -0.176. The smallest absolute Gasteiger partial charge is 0.0847 e. The zero-order chi connectivity index (χ0) is 61.1. The lowest BCUT2D eigenvalue weighted by Crippen LogP contribution is -2.61. The maximum absolute atomic E-state index is 11.5. The fourth-order valence-electron chi connectivity index (χ4n) is 29.0. The Morgan fingerprint density at radius 1 is 0.303 bits per heavy atom. The van der Waals surface area contributed by atoms with Crippen LogP contribution in [0.25, 0.3) is 0 Å². The van der Waals surface area contributed by atoms with Gasteiger partial charge in [-0.3, -0.25) is 24.5 Å². The second-order valence-electron chi connectivity index (χ2n) is 37.3. The number of hydrogen-bond donors (Lipinski definition) is 5. The van der Waals surface area contributed by atoms with E-state index in [-0.39, 0.29) is 46.8 Å². The van der Waals surface area contributed by atoms with E-state index in [0.29, 0.717) is 82.3 Å². The molecule has 0 amide bonds. The van der Waals surface area contributed by atoms with Gasteiger partial charge in [0.15, 0.2) is 0 Å². The highest BCUT2D eigenvalue weighted by atomic mass is 16.6. The molecule has 0 aromatic carbocycles. The van der Waals surface area contributed by atoms with Gasteiger partial charge in [0.2, 0.25) is 0 Å². The molecule has 0 radical (unpaired) electrons. The summed E-state index contributed by atoms with van der Waals surface area (Å²) in [4.78, 5) is 13.1. The number of epoxide rings is 1. The van der Waals surface area contributed by atoms with Gasteiger partial charge in [-0.05, 0) is 342 Å². The van der Waals surface area contributed by atoms with E-state index < -0.39 is 0 Å². The summed E-state index contributed by atoms with van der Waals surface area (Å²) in [6, 6.07) is 1.94. The zero-order valence-corrected chi connectivity index (χ0v) is 57.1. The number of rotatable bonds is 5. The van der Waals surface area contributed by atoms with Gasteiger partial charge in [0.05, 0.1) is 55.9 Å². The van der Waals surface area contributed by atoms with E-state index in [1.807, 2.05) is 0 Å². The Morgan fingerprint density at radius 2 is 0.618 bits per heavy atom. The Labute approximate surface area is 539 Å². The quantitative estimate of drug-likeness (QED) is 0.168. The van der Waals surface area contributed by atoms with Crippen molar-refractivity contribution in [1.29, 1.82) is 0 Å². The first-order valence-corrected chi connectivity index (χ1v) is 39.2. The predicted octanol–water partition coefficient (Wildman–Crippen LogP) is 10.9. The predicted molar refractivity (Wildman–Crippen MR) is 351 cm³/mol. The van der Waals surface area contributed by atoms with E-state index in [2.05, 4.69) is 66.0 Å². The monoisotopic (exact) mass is 1240 g/mol. The highest BCUT2D eigenvalue weighted by Crippen LogP contribution is 2.71. The average molecular weight is 1240 g/mol. The number of morpholine rings is 1. The van der Waals surface area contributed by atoms with Crippen molar-refractivity contribution in [2.24, 2.45) is 104 Å². The Bertz CT molecular complexity index is 2480. The van der Waals surface area contributed by atoms with Crippen LogP contribution in [-0.4, -0.2) is 202 Å². The Morgan fingerprint density at radius 3 is 0.978 bits per heavy atom. The van der Waals surface area contributed by atoms with Crippen LogP contribution in [-0.2, 0) is 9.47 Å². The van der Waals surface area contributed by atoms with Crippen LogP contribution in [0.2, 0.25) is 0 Å². The molecule has 6 saturated heterocycles. The molecule has 5 N–H and O–H groups in total. The van der Waals surface area contributed by atoms with Crippen LogP contribution in [0.15, 0.2) is 0 Å². The maximum atomic E-state index is 11.5. The van der Waals surface area contributed by atoms with Gasteiger partial charge in [-0.1, -0.05) is 41.5 Å². The largest absolute Gasteiger partial charge is 0.391 e. The molecular weight excluding hydrogens is 1110 g/mol. The summed E-state index contributed by atoms with van der Waals surface area (Å²) < 4.78 is 11.6. The second-order valence-corrected chi connectivity index (χ2v) is 37.3. The highest BCUT2D eigenvalue weighted by molar-refractivity contribution is 5.19. The Kier molecular flexibility index (Phi) is 17.0. The minimum Gasteiger partial charge on any atom is -0.391 e. The van der Waals surface area contributed by atoms with Crippen molar-refractivity contribution < 1.29 is 35.0 Å². The van der Waals surface area contributed by atoms with Gasteiger partial charge in [-0.25, -0.2) is 0 Å². The first-order chi connectivity index (χ1) is 42.8. The van der Waals surface area contributed by atoms with Crippen LogP contribution in [0.3, 0.4) is 0 Å². The van der Waals surface area contributed by atoms with Gasteiger partial charge in [-0.2, -0.15) is 0 Å². The van der Waals surface area contributed by atoms with E-state index in [4.69, 9.17) is 9.47 Å². The molecular formula is C77H129N5O7.